The van der Waals surface area contributed by atoms with Gasteiger partial charge in [-0.1, -0.05) is 11.8 Å². The Morgan fingerprint density at radius 2 is 2.08 bits per heavy atom. The van der Waals surface area contributed by atoms with Gasteiger partial charge in [0.1, 0.15) is 0 Å². The van der Waals surface area contributed by atoms with Crippen LogP contribution in [0.25, 0.3) is 0 Å². The number of nitroso groups, excluding NO2 is 1. The maximum Gasteiger partial charge on any atom is 0.308 e. The van der Waals surface area contributed by atoms with Crippen molar-refractivity contribution in [1.29, 1.82) is 0 Å². The van der Waals surface area contributed by atoms with Crippen molar-refractivity contribution < 1.29 is 14.7 Å². The van der Waals surface area contributed by atoms with Crippen LogP contribution >= 0.6 is 0 Å². The highest BCUT2D eigenvalue weighted by Gasteiger charge is 2.09. The Bertz CT molecular complexity index is 237. The zero-order valence-electron chi connectivity index (χ0n) is 6.95. The molecule has 0 aromatic carbocycles. The minimum atomic E-state index is -1.12. The molecular formula is C7H10N2O4. The van der Waals surface area contributed by atoms with Gasteiger partial charge < -0.3 is 10.4 Å². The SMILES string of the molecule is C=C(CC(=O)O)C(=O)NCCN=O. The van der Waals surface area contributed by atoms with Crippen molar-refractivity contribution in [1.82, 2.24) is 5.32 Å². The Labute approximate surface area is 74.6 Å². The molecule has 72 valence electrons. The standard InChI is InChI=1S/C7H10N2O4/c1-5(4-6(10)11)7(12)8-2-3-9-13/h1-4H2,(H,8,12)(H,10,11). The van der Waals surface area contributed by atoms with Crippen molar-refractivity contribution in [3.05, 3.63) is 17.1 Å². The lowest BCUT2D eigenvalue weighted by Gasteiger charge is -2.02. The third-order valence-electron chi connectivity index (χ3n) is 1.17. The first-order valence-corrected chi connectivity index (χ1v) is 3.54. The highest BCUT2D eigenvalue weighted by Crippen LogP contribution is 1.96. The number of carboxylic acid groups (broad SMARTS) is 1. The van der Waals surface area contributed by atoms with Crippen LogP contribution in [0.3, 0.4) is 0 Å². The Morgan fingerprint density at radius 1 is 1.46 bits per heavy atom. The van der Waals surface area contributed by atoms with Crippen molar-refractivity contribution in [2.75, 3.05) is 13.1 Å². The number of hydrogen-bond donors (Lipinski definition) is 2. The summed E-state index contributed by atoms with van der Waals surface area (Å²) < 4.78 is 0. The van der Waals surface area contributed by atoms with Gasteiger partial charge in [0.2, 0.25) is 5.91 Å². The van der Waals surface area contributed by atoms with Crippen LogP contribution < -0.4 is 5.32 Å². The first-order chi connectivity index (χ1) is 6.07. The lowest BCUT2D eigenvalue weighted by Crippen LogP contribution is -2.27. The average molecular weight is 186 g/mol. The van der Waals surface area contributed by atoms with Gasteiger partial charge in [0.15, 0.2) is 0 Å². The van der Waals surface area contributed by atoms with E-state index in [-0.39, 0.29) is 18.7 Å². The van der Waals surface area contributed by atoms with Crippen LogP contribution in [0.15, 0.2) is 17.3 Å². The van der Waals surface area contributed by atoms with Crippen LogP contribution in [0.4, 0.5) is 0 Å². The van der Waals surface area contributed by atoms with Crippen molar-refractivity contribution in [2.45, 2.75) is 6.42 Å². The summed E-state index contributed by atoms with van der Waals surface area (Å²) in [4.78, 5) is 30.7. The molecule has 2 N–H and O–H groups in total. The fourth-order valence-corrected chi connectivity index (χ4v) is 0.603. The number of nitrogens with zero attached hydrogens (tertiary/aromatic N) is 1. The van der Waals surface area contributed by atoms with Gasteiger partial charge in [0, 0.05) is 12.1 Å². The molecule has 1 amide bonds. The third-order valence-corrected chi connectivity index (χ3v) is 1.17. The number of carbonyl (C=O) groups excluding carboxylic acids is 1. The first kappa shape index (κ1) is 11.3. The Hall–Kier alpha value is -1.72. The molecule has 0 rings (SSSR count). The molecule has 0 heterocycles. The van der Waals surface area contributed by atoms with E-state index in [1.165, 1.54) is 0 Å². The Morgan fingerprint density at radius 3 is 2.54 bits per heavy atom. The summed E-state index contributed by atoms with van der Waals surface area (Å²) in [5.74, 6) is -1.68. The van der Waals surface area contributed by atoms with Crippen LogP contribution in [0.5, 0.6) is 0 Å². The smallest absolute Gasteiger partial charge is 0.308 e. The van der Waals surface area contributed by atoms with Crippen molar-refractivity contribution in [3.8, 4) is 0 Å². The molecule has 0 aromatic heterocycles. The van der Waals surface area contributed by atoms with Gasteiger partial charge in [-0.2, -0.15) is 4.91 Å². The van der Waals surface area contributed by atoms with Gasteiger partial charge in [-0.25, -0.2) is 0 Å². The third kappa shape index (κ3) is 5.54. The summed E-state index contributed by atoms with van der Waals surface area (Å²) in [7, 11) is 0. The van der Waals surface area contributed by atoms with E-state index in [1.807, 2.05) is 0 Å². The molecule has 0 unspecified atom stereocenters. The van der Waals surface area contributed by atoms with Gasteiger partial charge in [0.25, 0.3) is 0 Å². The van der Waals surface area contributed by atoms with Crippen molar-refractivity contribution >= 4 is 11.9 Å². The molecule has 13 heavy (non-hydrogen) atoms. The lowest BCUT2D eigenvalue weighted by molar-refractivity contribution is -0.137. The highest BCUT2D eigenvalue weighted by molar-refractivity contribution is 5.96. The lowest BCUT2D eigenvalue weighted by atomic mass is 10.2. The molecule has 0 fully saturated rings. The Kier molecular flexibility index (Phi) is 5.09. The van der Waals surface area contributed by atoms with Crippen LogP contribution in [0.1, 0.15) is 6.42 Å². The van der Waals surface area contributed by atoms with E-state index in [2.05, 4.69) is 17.1 Å². The minimum Gasteiger partial charge on any atom is -0.481 e. The quantitative estimate of drug-likeness (QED) is 0.344. The van der Waals surface area contributed by atoms with E-state index in [0.29, 0.717) is 0 Å². The van der Waals surface area contributed by atoms with Crippen LogP contribution in [0, 0.1) is 4.91 Å². The molecule has 0 saturated carbocycles. The van der Waals surface area contributed by atoms with E-state index in [0.717, 1.165) is 0 Å². The molecule has 0 aliphatic rings. The molecule has 6 nitrogen and oxygen atoms in total. The van der Waals surface area contributed by atoms with Crippen LogP contribution in [0.2, 0.25) is 0 Å². The maximum absolute atomic E-state index is 10.9. The summed E-state index contributed by atoms with van der Waals surface area (Å²) in [6.07, 6.45) is -0.402. The largest absolute Gasteiger partial charge is 0.481 e. The van der Waals surface area contributed by atoms with Gasteiger partial charge in [-0.3, -0.25) is 9.59 Å². The molecule has 0 saturated heterocycles. The second-order valence-corrected chi connectivity index (χ2v) is 2.28. The summed E-state index contributed by atoms with van der Waals surface area (Å²) in [6, 6.07) is 0. The fourth-order valence-electron chi connectivity index (χ4n) is 0.603. The average Bonchev–Trinajstić information content (AvgIpc) is 2.03. The van der Waals surface area contributed by atoms with E-state index in [4.69, 9.17) is 5.11 Å². The number of nitrogens with one attached hydrogen (secondary N) is 1. The predicted molar refractivity (Wildman–Crippen MR) is 45.1 cm³/mol. The number of rotatable bonds is 6. The first-order valence-electron chi connectivity index (χ1n) is 3.54. The minimum absolute atomic E-state index is 0.0356. The monoisotopic (exact) mass is 186 g/mol. The number of amides is 1. The summed E-state index contributed by atoms with van der Waals surface area (Å²) >= 11 is 0. The molecule has 0 radical (unpaired) electrons. The second kappa shape index (κ2) is 5.87. The molecule has 0 spiro atoms. The van der Waals surface area contributed by atoms with Crippen molar-refractivity contribution in [3.63, 3.8) is 0 Å². The van der Waals surface area contributed by atoms with E-state index >= 15 is 0 Å². The van der Waals surface area contributed by atoms with E-state index in [9.17, 15) is 14.5 Å². The van der Waals surface area contributed by atoms with Crippen LogP contribution in [-0.4, -0.2) is 30.1 Å². The molecule has 0 atom stereocenters. The molecule has 6 heteroatoms. The Balaban J connectivity index is 3.76. The fraction of sp³-hybridized carbons (Fsp3) is 0.429. The summed E-state index contributed by atoms with van der Waals surface area (Å²) in [5.41, 5.74) is -0.0431. The van der Waals surface area contributed by atoms with Gasteiger partial charge in [0.05, 0.1) is 13.0 Å². The zero-order valence-corrected chi connectivity index (χ0v) is 6.95. The van der Waals surface area contributed by atoms with E-state index < -0.39 is 18.3 Å². The predicted octanol–water partition coefficient (Wildman–Crippen LogP) is -0.100. The highest BCUT2D eigenvalue weighted by atomic mass is 16.4. The molecule has 0 aliphatic heterocycles. The zero-order chi connectivity index (χ0) is 10.3. The number of carbonyl (C=O) groups is 2. The topological polar surface area (TPSA) is 95.8 Å². The van der Waals surface area contributed by atoms with Gasteiger partial charge >= 0.3 is 5.97 Å². The van der Waals surface area contributed by atoms with Crippen LogP contribution in [-0.2, 0) is 9.59 Å². The molecule has 0 aliphatic carbocycles. The second-order valence-electron chi connectivity index (χ2n) is 2.28. The number of aliphatic carboxylic acids is 1. The maximum atomic E-state index is 10.9. The number of carboxylic acids is 1. The normalized spacial score (nSPS) is 8.92. The molecular weight excluding hydrogens is 176 g/mol. The van der Waals surface area contributed by atoms with Crippen molar-refractivity contribution in [2.24, 2.45) is 5.18 Å². The van der Waals surface area contributed by atoms with Gasteiger partial charge in [-0.15, -0.1) is 0 Å². The summed E-state index contributed by atoms with van der Waals surface area (Å²) in [5, 5.41) is 13.1. The van der Waals surface area contributed by atoms with E-state index in [1.54, 1.807) is 0 Å². The summed E-state index contributed by atoms with van der Waals surface area (Å²) in [6.45, 7) is 3.33. The van der Waals surface area contributed by atoms with Gasteiger partial charge in [-0.05, 0) is 0 Å². The molecule has 0 bridgehead atoms. The number of hydrogen-bond acceptors (Lipinski definition) is 4. The molecule has 0 aromatic rings.